The third kappa shape index (κ3) is 7.88. The molecule has 4 rings (SSSR count). The lowest BCUT2D eigenvalue weighted by Crippen LogP contribution is -2.22. The lowest BCUT2D eigenvalue weighted by Gasteiger charge is -2.16. The molecular formula is C31H20F10O2. The van der Waals surface area contributed by atoms with Crippen LogP contribution in [0.3, 0.4) is 0 Å². The Labute approximate surface area is 238 Å². The zero-order valence-corrected chi connectivity index (χ0v) is 22.0. The fourth-order valence-corrected chi connectivity index (χ4v) is 4.16. The highest BCUT2D eigenvalue weighted by Gasteiger charge is 2.35. The van der Waals surface area contributed by atoms with Gasteiger partial charge in [-0.2, -0.15) is 8.78 Å². The Hall–Kier alpha value is -4.48. The summed E-state index contributed by atoms with van der Waals surface area (Å²) in [7, 11) is 0. The van der Waals surface area contributed by atoms with Gasteiger partial charge in [0.1, 0.15) is 23.2 Å². The zero-order chi connectivity index (χ0) is 31.5. The summed E-state index contributed by atoms with van der Waals surface area (Å²) in [6.45, 7) is 2.04. The Morgan fingerprint density at radius 1 is 0.628 bits per heavy atom. The van der Waals surface area contributed by atoms with Crippen LogP contribution in [-0.2, 0) is 6.42 Å². The first-order valence-electron chi connectivity index (χ1n) is 12.5. The fourth-order valence-electron chi connectivity index (χ4n) is 4.16. The molecule has 0 aliphatic heterocycles. The van der Waals surface area contributed by atoms with Gasteiger partial charge in [-0.15, -0.1) is 13.2 Å². The van der Waals surface area contributed by atoms with Gasteiger partial charge in [0.15, 0.2) is 11.6 Å². The van der Waals surface area contributed by atoms with Crippen molar-refractivity contribution < 1.29 is 53.4 Å². The van der Waals surface area contributed by atoms with Gasteiger partial charge >= 0.3 is 12.5 Å². The third-order valence-electron chi connectivity index (χ3n) is 6.07. The van der Waals surface area contributed by atoms with Crippen LogP contribution >= 0.6 is 0 Å². The molecule has 2 nitrogen and oxygen atoms in total. The van der Waals surface area contributed by atoms with E-state index in [2.05, 4.69) is 9.47 Å². The van der Waals surface area contributed by atoms with Crippen molar-refractivity contribution in [2.24, 2.45) is 0 Å². The second-order valence-corrected chi connectivity index (χ2v) is 9.26. The molecule has 0 amide bonds. The first kappa shape index (κ1) is 31.5. The molecule has 0 unspecified atom stereocenters. The van der Waals surface area contributed by atoms with Gasteiger partial charge in [0.2, 0.25) is 5.75 Å². The molecule has 4 aromatic carbocycles. The van der Waals surface area contributed by atoms with Crippen molar-refractivity contribution in [3.05, 3.63) is 113 Å². The van der Waals surface area contributed by atoms with Crippen molar-refractivity contribution in [3.8, 4) is 33.8 Å². The van der Waals surface area contributed by atoms with Crippen molar-refractivity contribution in [1.82, 2.24) is 0 Å². The lowest BCUT2D eigenvalue weighted by molar-refractivity contribution is -0.276. The average Bonchev–Trinajstić information content (AvgIpc) is 2.90. The summed E-state index contributed by atoms with van der Waals surface area (Å²) in [6.07, 6.45) is -7.91. The van der Waals surface area contributed by atoms with Gasteiger partial charge in [-0.3, -0.25) is 0 Å². The second-order valence-electron chi connectivity index (χ2n) is 9.26. The molecule has 0 spiro atoms. The SMILES string of the molecule is CCCc1ccc(-c2ccc(-c3cc(F)c(C=CC(F)(F)Oc4cc(F)c(OC(F)(F)F)c(F)c4)c(F)c3)c(F)c2)cc1. The van der Waals surface area contributed by atoms with E-state index in [0.29, 0.717) is 5.56 Å². The molecule has 4 aromatic rings. The minimum atomic E-state index is -5.46. The van der Waals surface area contributed by atoms with Gasteiger partial charge in [0, 0.05) is 29.3 Å². The Bertz CT molecular complexity index is 1600. The largest absolute Gasteiger partial charge is 0.573 e. The topological polar surface area (TPSA) is 18.5 Å². The molecule has 0 N–H and O–H groups in total. The summed E-state index contributed by atoms with van der Waals surface area (Å²) >= 11 is 0. The van der Waals surface area contributed by atoms with Crippen LogP contribution in [0.25, 0.3) is 28.3 Å². The lowest BCUT2D eigenvalue weighted by atomic mass is 9.97. The van der Waals surface area contributed by atoms with Crippen molar-refractivity contribution in [2.45, 2.75) is 32.2 Å². The maximum Gasteiger partial charge on any atom is 0.573 e. The highest BCUT2D eigenvalue weighted by molar-refractivity contribution is 5.72. The van der Waals surface area contributed by atoms with E-state index in [1.165, 1.54) is 12.1 Å². The molecule has 0 fully saturated rings. The van der Waals surface area contributed by atoms with Crippen LogP contribution in [0.15, 0.2) is 72.8 Å². The molecule has 0 saturated heterocycles. The standard InChI is InChI=1S/C31H20F10O2/c1-2-3-17-4-6-18(7-5-17)19-8-9-22(24(32)12-19)20-13-25(33)23(26(34)14-20)10-11-30(37,38)42-21-15-27(35)29(28(36)16-21)43-31(39,40)41/h4-16H,2-3H2,1H3. The number of benzene rings is 4. The van der Waals surface area contributed by atoms with E-state index in [4.69, 9.17) is 0 Å². The molecule has 0 atom stereocenters. The van der Waals surface area contributed by atoms with Crippen LogP contribution in [-0.4, -0.2) is 12.5 Å². The molecule has 0 radical (unpaired) electrons. The summed E-state index contributed by atoms with van der Waals surface area (Å²) in [5.41, 5.74) is 1.02. The van der Waals surface area contributed by atoms with Gasteiger partial charge in [0.25, 0.3) is 0 Å². The second kappa shape index (κ2) is 12.4. The minimum Gasteiger partial charge on any atom is -0.429 e. The van der Waals surface area contributed by atoms with Crippen LogP contribution in [0.2, 0.25) is 0 Å². The Kier molecular flexibility index (Phi) is 9.07. The van der Waals surface area contributed by atoms with Gasteiger partial charge < -0.3 is 9.47 Å². The molecule has 0 aromatic heterocycles. The Morgan fingerprint density at radius 2 is 1.19 bits per heavy atom. The summed E-state index contributed by atoms with van der Waals surface area (Å²) in [5.74, 6) is -10.6. The summed E-state index contributed by atoms with van der Waals surface area (Å²) in [6, 6.07) is 13.0. The van der Waals surface area contributed by atoms with E-state index in [1.807, 2.05) is 31.2 Å². The van der Waals surface area contributed by atoms with Crippen LogP contribution in [0.1, 0.15) is 24.5 Å². The molecule has 0 aliphatic rings. The van der Waals surface area contributed by atoms with E-state index >= 15 is 0 Å². The van der Waals surface area contributed by atoms with Crippen molar-refractivity contribution in [2.75, 3.05) is 0 Å². The zero-order valence-electron chi connectivity index (χ0n) is 22.0. The number of aryl methyl sites for hydroxylation is 1. The molecular weight excluding hydrogens is 594 g/mol. The van der Waals surface area contributed by atoms with E-state index in [0.717, 1.165) is 36.1 Å². The molecule has 0 saturated carbocycles. The number of ether oxygens (including phenoxy) is 2. The van der Waals surface area contributed by atoms with Gasteiger partial charge in [-0.05, 0) is 52.9 Å². The predicted molar refractivity (Wildman–Crippen MR) is 139 cm³/mol. The highest BCUT2D eigenvalue weighted by atomic mass is 19.4. The minimum absolute atomic E-state index is 0.00315. The number of hydrogen-bond donors (Lipinski definition) is 0. The summed E-state index contributed by atoms with van der Waals surface area (Å²) in [4.78, 5) is 0. The van der Waals surface area contributed by atoms with E-state index < -0.39 is 58.6 Å². The molecule has 226 valence electrons. The van der Waals surface area contributed by atoms with Crippen LogP contribution < -0.4 is 9.47 Å². The van der Waals surface area contributed by atoms with Crippen LogP contribution in [0.5, 0.6) is 11.5 Å². The number of hydrogen-bond acceptors (Lipinski definition) is 2. The smallest absolute Gasteiger partial charge is 0.429 e. The summed E-state index contributed by atoms with van der Waals surface area (Å²) < 4.78 is 145. The van der Waals surface area contributed by atoms with Gasteiger partial charge in [0.05, 0.1) is 0 Å². The van der Waals surface area contributed by atoms with Crippen molar-refractivity contribution in [3.63, 3.8) is 0 Å². The van der Waals surface area contributed by atoms with Crippen molar-refractivity contribution >= 4 is 6.08 Å². The normalized spacial score (nSPS) is 12.2. The van der Waals surface area contributed by atoms with E-state index in [1.54, 1.807) is 6.07 Å². The van der Waals surface area contributed by atoms with E-state index in [-0.39, 0.29) is 35.4 Å². The van der Waals surface area contributed by atoms with Crippen molar-refractivity contribution in [1.29, 1.82) is 0 Å². The Morgan fingerprint density at radius 3 is 1.72 bits per heavy atom. The average molecular weight is 614 g/mol. The third-order valence-corrected chi connectivity index (χ3v) is 6.07. The maximum atomic E-state index is 15.0. The van der Waals surface area contributed by atoms with Gasteiger partial charge in [-0.25, -0.2) is 22.0 Å². The van der Waals surface area contributed by atoms with Crippen LogP contribution in [0.4, 0.5) is 43.9 Å². The van der Waals surface area contributed by atoms with Crippen LogP contribution in [0, 0.1) is 29.1 Å². The summed E-state index contributed by atoms with van der Waals surface area (Å²) in [5, 5.41) is 0. The first-order valence-corrected chi connectivity index (χ1v) is 12.5. The molecule has 0 bridgehead atoms. The maximum absolute atomic E-state index is 15.0. The predicted octanol–water partition coefficient (Wildman–Crippen LogP) is 10.3. The molecule has 12 heteroatoms. The van der Waals surface area contributed by atoms with Gasteiger partial charge in [-0.1, -0.05) is 49.7 Å². The fraction of sp³-hybridized carbons (Fsp3) is 0.161. The monoisotopic (exact) mass is 614 g/mol. The Balaban J connectivity index is 1.53. The van der Waals surface area contributed by atoms with E-state index in [9.17, 15) is 43.9 Å². The quantitative estimate of drug-likeness (QED) is 0.175. The number of alkyl halides is 5. The highest BCUT2D eigenvalue weighted by Crippen LogP contribution is 2.35. The molecule has 43 heavy (non-hydrogen) atoms. The molecule has 0 heterocycles. The molecule has 0 aliphatic carbocycles. The number of halogens is 10. The first-order chi connectivity index (χ1) is 20.2. The number of rotatable bonds is 9.